The van der Waals surface area contributed by atoms with Gasteiger partial charge < -0.3 is 5.32 Å². The fraction of sp³-hybridized carbons (Fsp3) is 0.111. The van der Waals surface area contributed by atoms with E-state index in [0.29, 0.717) is 17.1 Å². The van der Waals surface area contributed by atoms with Crippen LogP contribution in [0.3, 0.4) is 0 Å². The van der Waals surface area contributed by atoms with Crippen molar-refractivity contribution in [3.8, 4) is 0 Å². The molecule has 2 heterocycles. The third-order valence-electron chi connectivity index (χ3n) is 3.90. The maximum Gasteiger partial charge on any atom is 0.284 e. The number of para-hydroxylation sites is 1. The monoisotopic (exact) mass is 445 g/mol. The zero-order valence-electron chi connectivity index (χ0n) is 15.1. The molecule has 0 aliphatic rings. The molecule has 2 aromatic heterocycles. The molecule has 0 aliphatic heterocycles. The molecule has 0 aliphatic carbocycles. The number of nitrogens with one attached hydrogen (secondary N) is 2. The quantitative estimate of drug-likeness (QED) is 0.467. The van der Waals surface area contributed by atoms with E-state index >= 15 is 0 Å². The predicted molar refractivity (Wildman–Crippen MR) is 114 cm³/mol. The predicted octanol–water partition coefficient (Wildman–Crippen LogP) is 3.76. The van der Waals surface area contributed by atoms with Gasteiger partial charge in [-0.05, 0) is 42.8 Å². The highest BCUT2D eigenvalue weighted by Gasteiger charge is 2.17. The highest BCUT2D eigenvalue weighted by Crippen LogP contribution is 2.24. The third-order valence-corrected chi connectivity index (χ3v) is 7.40. The van der Waals surface area contributed by atoms with Gasteiger partial charge in [0.15, 0.2) is 5.01 Å². The van der Waals surface area contributed by atoms with E-state index in [2.05, 4.69) is 25.2 Å². The lowest BCUT2D eigenvalue weighted by molar-refractivity contribution is 0.102. The van der Waals surface area contributed by atoms with Crippen LogP contribution in [0.2, 0.25) is 0 Å². The molecule has 0 atom stereocenters. The molecule has 148 valence electrons. The minimum Gasteiger partial charge on any atom is -0.320 e. The second-order valence-corrected chi connectivity index (χ2v) is 9.70. The van der Waals surface area contributed by atoms with Gasteiger partial charge in [0.25, 0.3) is 15.9 Å². The van der Waals surface area contributed by atoms with Gasteiger partial charge in [-0.1, -0.05) is 30.4 Å². The van der Waals surface area contributed by atoms with Gasteiger partial charge in [0, 0.05) is 5.69 Å². The normalized spacial score (nSPS) is 11.5. The third kappa shape index (κ3) is 4.26. The van der Waals surface area contributed by atoms with Crippen LogP contribution >= 0.6 is 22.7 Å². The molecule has 0 saturated carbocycles. The van der Waals surface area contributed by atoms with Crippen molar-refractivity contribution >= 4 is 59.6 Å². The van der Waals surface area contributed by atoms with Crippen molar-refractivity contribution in [2.24, 2.45) is 0 Å². The summed E-state index contributed by atoms with van der Waals surface area (Å²) in [6.45, 7) is 1.92. The SMILES string of the molecule is CCc1nnc(NS(=O)(=O)c2ccc(NC(=O)c3nc4ccccc4s3)cc2)s1. The number of benzene rings is 2. The summed E-state index contributed by atoms with van der Waals surface area (Å²) in [4.78, 5) is 16.8. The molecule has 0 unspecified atom stereocenters. The molecule has 1 amide bonds. The Morgan fingerprint density at radius 2 is 1.79 bits per heavy atom. The number of aromatic nitrogens is 3. The van der Waals surface area contributed by atoms with Crippen LogP contribution in [0.4, 0.5) is 10.8 Å². The highest BCUT2D eigenvalue weighted by molar-refractivity contribution is 7.93. The van der Waals surface area contributed by atoms with Gasteiger partial charge in [0.1, 0.15) is 5.01 Å². The Hall–Kier alpha value is -2.89. The smallest absolute Gasteiger partial charge is 0.284 e. The summed E-state index contributed by atoms with van der Waals surface area (Å²) in [7, 11) is -3.79. The number of amides is 1. The second-order valence-electron chi connectivity index (χ2n) is 5.93. The van der Waals surface area contributed by atoms with Crippen molar-refractivity contribution in [3.63, 3.8) is 0 Å². The maximum atomic E-state index is 12.5. The Labute approximate surface area is 174 Å². The number of thiazole rings is 1. The number of aryl methyl sites for hydroxylation is 1. The number of carbonyl (C=O) groups is 1. The number of carbonyl (C=O) groups excluding carboxylic acids is 1. The molecule has 8 nitrogen and oxygen atoms in total. The molecule has 4 aromatic rings. The van der Waals surface area contributed by atoms with E-state index in [0.717, 1.165) is 15.2 Å². The van der Waals surface area contributed by atoms with Gasteiger partial charge >= 0.3 is 0 Å². The minimum absolute atomic E-state index is 0.0590. The molecule has 0 fully saturated rings. The van der Waals surface area contributed by atoms with Crippen molar-refractivity contribution < 1.29 is 13.2 Å². The molecule has 4 rings (SSSR count). The Morgan fingerprint density at radius 3 is 2.48 bits per heavy atom. The van der Waals surface area contributed by atoms with Gasteiger partial charge in [-0.3, -0.25) is 9.52 Å². The second kappa shape index (κ2) is 7.85. The van der Waals surface area contributed by atoms with E-state index in [4.69, 9.17) is 0 Å². The molecule has 0 radical (unpaired) electrons. The Balaban J connectivity index is 1.47. The standard InChI is InChI=1S/C18H15N5O3S3/c1-2-15-21-22-18(28-15)23-29(25,26)12-9-7-11(8-10-12)19-16(24)17-20-13-5-3-4-6-14(13)27-17/h3-10H,2H2,1H3,(H,19,24)(H,22,23). The number of fused-ring (bicyclic) bond motifs is 1. The van der Waals surface area contributed by atoms with Crippen molar-refractivity contribution in [2.45, 2.75) is 18.2 Å². The number of rotatable bonds is 6. The first-order chi connectivity index (χ1) is 13.9. The Bertz CT molecular complexity index is 1250. The van der Waals surface area contributed by atoms with E-state index < -0.39 is 10.0 Å². The average Bonchev–Trinajstić information content (AvgIpc) is 3.34. The van der Waals surface area contributed by atoms with Crippen LogP contribution in [0.15, 0.2) is 53.4 Å². The van der Waals surface area contributed by atoms with Crippen LogP contribution in [-0.2, 0) is 16.4 Å². The summed E-state index contributed by atoms with van der Waals surface area (Å²) >= 11 is 2.49. The summed E-state index contributed by atoms with van der Waals surface area (Å²) in [5, 5.41) is 11.8. The Kier molecular flexibility index (Phi) is 5.26. The molecule has 0 saturated heterocycles. The first-order valence-corrected chi connectivity index (χ1v) is 11.7. The number of hydrogen-bond acceptors (Lipinski definition) is 8. The minimum atomic E-state index is -3.79. The number of nitrogens with zero attached hydrogens (tertiary/aromatic N) is 3. The van der Waals surface area contributed by atoms with Gasteiger partial charge in [0.2, 0.25) is 5.13 Å². The Morgan fingerprint density at radius 1 is 1.03 bits per heavy atom. The molecule has 2 N–H and O–H groups in total. The zero-order valence-corrected chi connectivity index (χ0v) is 17.6. The first kappa shape index (κ1) is 19.4. The molecule has 11 heteroatoms. The maximum absolute atomic E-state index is 12.5. The highest BCUT2D eigenvalue weighted by atomic mass is 32.2. The molecule has 2 aromatic carbocycles. The van der Waals surface area contributed by atoms with Gasteiger partial charge in [-0.25, -0.2) is 13.4 Å². The fourth-order valence-corrected chi connectivity index (χ4v) is 5.25. The largest absolute Gasteiger partial charge is 0.320 e. The van der Waals surface area contributed by atoms with Gasteiger partial charge in [-0.15, -0.1) is 21.5 Å². The molecular formula is C18H15N5O3S3. The zero-order chi connectivity index (χ0) is 20.4. The molecular weight excluding hydrogens is 430 g/mol. The lowest BCUT2D eigenvalue weighted by Crippen LogP contribution is -2.14. The first-order valence-electron chi connectivity index (χ1n) is 8.57. The lowest BCUT2D eigenvalue weighted by Gasteiger charge is -2.07. The number of sulfonamides is 1. The molecule has 0 spiro atoms. The summed E-state index contributed by atoms with van der Waals surface area (Å²) < 4.78 is 28.3. The summed E-state index contributed by atoms with van der Waals surface area (Å²) in [6, 6.07) is 13.4. The van der Waals surface area contributed by atoms with E-state index in [1.807, 2.05) is 31.2 Å². The van der Waals surface area contributed by atoms with Crippen LogP contribution in [0, 0.1) is 0 Å². The van der Waals surface area contributed by atoms with Crippen molar-refractivity contribution in [2.75, 3.05) is 10.0 Å². The number of anilines is 2. The summed E-state index contributed by atoms with van der Waals surface area (Å²) in [5.41, 5.74) is 1.23. The summed E-state index contributed by atoms with van der Waals surface area (Å²) in [6.07, 6.45) is 0.683. The average molecular weight is 446 g/mol. The van der Waals surface area contributed by atoms with Crippen LogP contribution in [-0.4, -0.2) is 29.5 Å². The number of hydrogen-bond donors (Lipinski definition) is 2. The van der Waals surface area contributed by atoms with E-state index in [9.17, 15) is 13.2 Å². The molecule has 29 heavy (non-hydrogen) atoms. The van der Waals surface area contributed by atoms with Crippen molar-refractivity contribution in [1.29, 1.82) is 0 Å². The van der Waals surface area contributed by atoms with Crippen LogP contribution in [0.5, 0.6) is 0 Å². The molecule has 0 bridgehead atoms. The van der Waals surface area contributed by atoms with Gasteiger partial charge in [0.05, 0.1) is 15.1 Å². The van der Waals surface area contributed by atoms with Crippen LogP contribution < -0.4 is 10.0 Å². The van der Waals surface area contributed by atoms with Crippen LogP contribution in [0.25, 0.3) is 10.2 Å². The van der Waals surface area contributed by atoms with E-state index in [1.54, 1.807) is 0 Å². The van der Waals surface area contributed by atoms with Crippen molar-refractivity contribution in [3.05, 3.63) is 58.5 Å². The topological polar surface area (TPSA) is 114 Å². The van der Waals surface area contributed by atoms with Crippen LogP contribution in [0.1, 0.15) is 21.7 Å². The fourth-order valence-electron chi connectivity index (χ4n) is 2.48. The summed E-state index contributed by atoms with van der Waals surface area (Å²) in [5.74, 6) is -0.346. The van der Waals surface area contributed by atoms with Gasteiger partial charge in [-0.2, -0.15) is 0 Å². The van der Waals surface area contributed by atoms with E-state index in [-0.39, 0.29) is 15.9 Å². The lowest BCUT2D eigenvalue weighted by atomic mass is 10.3. The van der Waals surface area contributed by atoms with Crippen molar-refractivity contribution in [1.82, 2.24) is 15.2 Å². The van der Waals surface area contributed by atoms with E-state index in [1.165, 1.54) is 46.9 Å².